The van der Waals surface area contributed by atoms with Crippen molar-refractivity contribution in [1.82, 2.24) is 47.0 Å². The predicted octanol–water partition coefficient (Wildman–Crippen LogP) is 7.11. The smallest absolute Gasteiger partial charge is 0.362 e. The van der Waals surface area contributed by atoms with Gasteiger partial charge in [0.1, 0.15) is 36.6 Å². The van der Waals surface area contributed by atoms with Crippen molar-refractivity contribution < 1.29 is 61.7 Å². The Kier molecular flexibility index (Phi) is 25.1. The summed E-state index contributed by atoms with van der Waals surface area (Å²) in [5.41, 5.74) is -3.66. The van der Waals surface area contributed by atoms with Gasteiger partial charge in [-0.2, -0.15) is 0 Å². The number of carbonyl (C=O) groups is 6. The lowest BCUT2D eigenvalue weighted by Crippen LogP contribution is -2.62. The van der Waals surface area contributed by atoms with E-state index in [1.165, 1.54) is 0 Å². The fourth-order valence-corrected chi connectivity index (χ4v) is 18.4. The highest BCUT2D eigenvalue weighted by atomic mass is 16.6. The Morgan fingerprint density at radius 3 is 0.777 bits per heavy atom. The van der Waals surface area contributed by atoms with E-state index in [0.29, 0.717) is 77.0 Å². The summed E-state index contributed by atoms with van der Waals surface area (Å²) in [5.74, 6) is -2.80. The first-order chi connectivity index (χ1) is 42.6. The maximum absolute atomic E-state index is 15.0. The third-order valence-corrected chi connectivity index (χ3v) is 19.3. The van der Waals surface area contributed by atoms with Crippen LogP contribution in [0.5, 0.6) is 0 Å². The molecule has 6 heterocycles. The van der Waals surface area contributed by atoms with Gasteiger partial charge in [-0.15, -0.1) is 0 Å². The summed E-state index contributed by atoms with van der Waals surface area (Å²) in [4.78, 5) is 91.0. The molecule has 6 aliphatic rings. The molecule has 0 aromatic heterocycles. The molecule has 94 heavy (non-hydrogen) atoms. The van der Waals surface area contributed by atoms with E-state index < -0.39 is 54.1 Å². The van der Waals surface area contributed by atoms with Crippen LogP contribution in [0.25, 0.3) is 0 Å². The van der Waals surface area contributed by atoms with Gasteiger partial charge in [0.25, 0.3) is 0 Å². The third-order valence-electron chi connectivity index (χ3n) is 19.3. The second-order valence-electron chi connectivity index (χ2n) is 37.7. The van der Waals surface area contributed by atoms with E-state index in [-0.39, 0.29) is 168 Å². The number of nitrogens with zero attached hydrogens (tertiary/aromatic N) is 3. The zero-order chi connectivity index (χ0) is 70.7. The van der Waals surface area contributed by atoms with Gasteiger partial charge in [-0.05, 0) is 166 Å². The Balaban J connectivity index is 1.36. The van der Waals surface area contributed by atoms with Gasteiger partial charge in [-0.3, -0.25) is 29.0 Å². The van der Waals surface area contributed by atoms with Gasteiger partial charge in [0.15, 0.2) is 13.1 Å². The van der Waals surface area contributed by atoms with Crippen LogP contribution in [0.2, 0.25) is 0 Å². The lowest BCUT2D eigenvalue weighted by atomic mass is 9.81. The molecule has 0 unspecified atom stereocenters. The minimum atomic E-state index is -0.489. The molecule has 0 aliphatic carbocycles. The van der Waals surface area contributed by atoms with Crippen LogP contribution < -0.4 is 37.2 Å². The first kappa shape index (κ1) is 79.4. The number of quaternary nitrogens is 1. The average Bonchev–Trinajstić information content (AvgIpc) is 0.843. The summed E-state index contributed by atoms with van der Waals surface area (Å²) >= 11 is 0. The molecular weight excluding hydrogens is 1200 g/mol. The van der Waals surface area contributed by atoms with Crippen LogP contribution in [0.15, 0.2) is 0 Å². The van der Waals surface area contributed by atoms with E-state index in [4.69, 9.17) is 28.4 Å². The second kappa shape index (κ2) is 29.7. The summed E-state index contributed by atoms with van der Waals surface area (Å²) in [5, 5.41) is 25.4. The summed E-state index contributed by atoms with van der Waals surface area (Å²) in [6, 6.07) is 0. The molecule has 0 aromatic carbocycles. The normalized spacial score (nSPS) is 25.6. The van der Waals surface area contributed by atoms with Crippen molar-refractivity contribution in [1.29, 1.82) is 0 Å². The molecular formula is C72H133N10O12+. The summed E-state index contributed by atoms with van der Waals surface area (Å²) in [6.45, 7) is 50.2. The lowest BCUT2D eigenvalue weighted by Gasteiger charge is -2.46. The van der Waals surface area contributed by atoms with Crippen LogP contribution in [0, 0.1) is 0 Å². The second-order valence-corrected chi connectivity index (χ2v) is 37.7. The number of nitrogens with one attached hydrogen (secondary N) is 7. The van der Waals surface area contributed by atoms with E-state index in [1.807, 2.05) is 4.90 Å². The van der Waals surface area contributed by atoms with Crippen LogP contribution >= 0.6 is 0 Å². The fraction of sp³-hybridized carbons (Fsp3) is 0.917. The SMILES string of the molecule is CC1(C)CC(OC(=O)CNCC[N+](CCN(CCN(CC(=O)OC2CC(C)(C)NC(C)(C)C2)CC(=O)OC2CC(C)(C)NC(C)(C)C2)CC(=O)OC2CC(C)(C)NC(C)(C)C2)(CC(=O)OC2CC(C)(C)NC(C)(C)C2)CC(=O)OC2CC(C)(C)NC(C)(C)C2)CC(C)(C)N1. The van der Waals surface area contributed by atoms with Gasteiger partial charge < -0.3 is 70.1 Å². The maximum atomic E-state index is 15.0. The fourth-order valence-electron chi connectivity index (χ4n) is 18.4. The van der Waals surface area contributed by atoms with Crippen molar-refractivity contribution in [3.8, 4) is 0 Å². The molecule has 22 nitrogen and oxygen atoms in total. The first-order valence-electron chi connectivity index (χ1n) is 35.5. The largest absolute Gasteiger partial charge is 0.461 e. The molecule has 0 saturated carbocycles. The number of rotatable bonds is 27. The van der Waals surface area contributed by atoms with Gasteiger partial charge in [-0.1, -0.05) is 0 Å². The van der Waals surface area contributed by atoms with Crippen molar-refractivity contribution in [3.05, 3.63) is 0 Å². The van der Waals surface area contributed by atoms with Crippen LogP contribution in [0.1, 0.15) is 243 Å². The van der Waals surface area contributed by atoms with E-state index in [1.54, 1.807) is 4.90 Å². The summed E-state index contributed by atoms with van der Waals surface area (Å²) in [6.07, 6.45) is 4.89. The van der Waals surface area contributed by atoms with Gasteiger partial charge in [-0.25, -0.2) is 9.59 Å². The number of carbonyl (C=O) groups excluding carboxylic acids is 6. The Morgan fingerprint density at radius 1 is 0.309 bits per heavy atom. The van der Waals surface area contributed by atoms with Gasteiger partial charge in [0.2, 0.25) is 0 Å². The molecule has 0 spiro atoms. The van der Waals surface area contributed by atoms with Gasteiger partial charge >= 0.3 is 35.8 Å². The Hall–Kier alpha value is -3.58. The van der Waals surface area contributed by atoms with Crippen LogP contribution in [-0.2, 0) is 57.2 Å². The highest BCUT2D eigenvalue weighted by molar-refractivity contribution is 5.76. The molecule has 7 N–H and O–H groups in total. The molecule has 6 aliphatic heterocycles. The summed E-state index contributed by atoms with van der Waals surface area (Å²) < 4.78 is 38.0. The zero-order valence-electron chi connectivity index (χ0n) is 63.2. The highest BCUT2D eigenvalue weighted by Crippen LogP contribution is 2.36. The van der Waals surface area contributed by atoms with E-state index >= 15 is 9.59 Å². The predicted molar refractivity (Wildman–Crippen MR) is 368 cm³/mol. The quantitative estimate of drug-likeness (QED) is 0.0187. The van der Waals surface area contributed by atoms with E-state index in [0.717, 1.165) is 0 Å². The molecule has 6 rings (SSSR count). The van der Waals surface area contributed by atoms with E-state index in [2.05, 4.69) is 203 Å². The van der Waals surface area contributed by atoms with Gasteiger partial charge in [0.05, 0.1) is 39.3 Å². The number of hydrogen-bond acceptors (Lipinski definition) is 21. The minimum Gasteiger partial charge on any atom is -0.461 e. The Bertz CT molecular complexity index is 2430. The van der Waals surface area contributed by atoms with Crippen molar-refractivity contribution in [2.45, 2.75) is 346 Å². The Morgan fingerprint density at radius 2 is 0.521 bits per heavy atom. The monoisotopic (exact) mass is 1330 g/mol. The molecule has 0 amide bonds. The maximum Gasteiger partial charge on any atom is 0.362 e. The highest BCUT2D eigenvalue weighted by Gasteiger charge is 2.47. The third kappa shape index (κ3) is 27.3. The lowest BCUT2D eigenvalue weighted by molar-refractivity contribution is -0.913. The molecule has 0 bridgehead atoms. The molecule has 0 radical (unpaired) electrons. The number of esters is 6. The first-order valence-corrected chi connectivity index (χ1v) is 35.5. The van der Waals surface area contributed by atoms with Crippen molar-refractivity contribution >= 4 is 35.8 Å². The molecule has 542 valence electrons. The molecule has 0 atom stereocenters. The molecule has 22 heteroatoms. The standard InChI is InChI=1S/C72H133N10O12/c1-61(2)31-49(32-62(3,4)74-61)89-55(83)43-73-25-29-82(47-59(87)93-53-39-69(17,18)78-70(19,20)40-53,48-60(88)94-54-41-71(21,22)79-72(23,24)42-54)30-28-80(44-56(84)90-50-33-63(5,6)75-64(7,8)34-50)26-27-81(45-57(85)91-51-35-65(9,10)76-66(11,12)36-51)46-58(86)92-52-37-67(13,14)77-68(15,16)38-52/h49-54,73-79H,25-48H2,1-24H3/q+1. The van der Waals surface area contributed by atoms with Crippen molar-refractivity contribution in [2.75, 3.05) is 78.5 Å². The summed E-state index contributed by atoms with van der Waals surface area (Å²) in [7, 11) is 0. The Labute approximate surface area is 567 Å². The molecule has 6 saturated heterocycles. The number of piperidine rings is 6. The minimum absolute atomic E-state index is 0.110. The molecule has 6 fully saturated rings. The average molecular weight is 1330 g/mol. The molecule has 0 aromatic rings. The topological polar surface area (TPSA) is 248 Å². The number of hydrogen-bond donors (Lipinski definition) is 7. The zero-order valence-corrected chi connectivity index (χ0v) is 63.2. The van der Waals surface area contributed by atoms with Crippen LogP contribution in [-0.4, -0.2) is 232 Å². The van der Waals surface area contributed by atoms with E-state index in [9.17, 15) is 19.2 Å². The van der Waals surface area contributed by atoms with Crippen molar-refractivity contribution in [2.24, 2.45) is 0 Å². The van der Waals surface area contributed by atoms with Crippen LogP contribution in [0.4, 0.5) is 0 Å². The number of ether oxygens (including phenoxy) is 6. The van der Waals surface area contributed by atoms with Crippen LogP contribution in [0.3, 0.4) is 0 Å². The van der Waals surface area contributed by atoms with Gasteiger partial charge in [0, 0.05) is 170 Å². The van der Waals surface area contributed by atoms with Crippen molar-refractivity contribution in [3.63, 3.8) is 0 Å².